The Morgan fingerprint density at radius 1 is 0.682 bits per heavy atom. The van der Waals surface area contributed by atoms with Crippen LogP contribution in [0, 0.1) is 0 Å². The normalized spacial score (nSPS) is 18.5. The lowest BCUT2D eigenvalue weighted by atomic mass is 10.1. The number of hydrogen-bond donors (Lipinski definition) is 2. The van der Waals surface area contributed by atoms with Gasteiger partial charge in [-0.2, -0.15) is 0 Å². The maximum Gasteiger partial charge on any atom is 0.254 e. The topological polar surface area (TPSA) is 92.3 Å². The molecular formula is C14H16N2O4S2. The molecule has 2 aliphatic heterocycles. The van der Waals surface area contributed by atoms with E-state index in [1.165, 1.54) is 0 Å². The number of rotatable bonds is 7. The summed E-state index contributed by atoms with van der Waals surface area (Å²) in [5.74, 6) is 0.210. The fraction of sp³-hybridized carbons (Fsp3) is 0.429. The van der Waals surface area contributed by atoms with Gasteiger partial charge in [-0.15, -0.1) is 0 Å². The molecule has 2 N–H and O–H groups in total. The van der Waals surface area contributed by atoms with Crippen LogP contribution in [-0.4, -0.2) is 35.1 Å². The predicted octanol–water partition coefficient (Wildman–Crippen LogP) is 1.09. The van der Waals surface area contributed by atoms with Crippen molar-refractivity contribution in [3.63, 3.8) is 0 Å². The van der Waals surface area contributed by atoms with E-state index in [4.69, 9.17) is 0 Å². The molecule has 0 unspecified atom stereocenters. The fourth-order valence-electron chi connectivity index (χ4n) is 2.17. The predicted molar refractivity (Wildman–Crippen MR) is 85.8 cm³/mol. The van der Waals surface area contributed by atoms with Crippen molar-refractivity contribution < 1.29 is 19.2 Å². The molecule has 8 heteroatoms. The summed E-state index contributed by atoms with van der Waals surface area (Å²) in [6.45, 7) is 3.30. The number of carbonyl (C=O) groups is 4. The average molecular weight is 340 g/mol. The Labute approximate surface area is 135 Å². The maximum atomic E-state index is 11.5. The van der Waals surface area contributed by atoms with E-state index in [0.717, 1.165) is 0 Å². The Morgan fingerprint density at radius 3 is 1.32 bits per heavy atom. The Kier molecular flexibility index (Phi) is 5.47. The van der Waals surface area contributed by atoms with Crippen molar-refractivity contribution in [1.82, 2.24) is 10.6 Å². The van der Waals surface area contributed by atoms with Gasteiger partial charge in [-0.1, -0.05) is 21.6 Å². The summed E-state index contributed by atoms with van der Waals surface area (Å²) in [7, 11) is 3.17. The molecule has 0 bridgehead atoms. The third-order valence-electron chi connectivity index (χ3n) is 3.54. The molecule has 0 radical (unpaired) electrons. The third-order valence-corrected chi connectivity index (χ3v) is 5.95. The highest BCUT2D eigenvalue weighted by Gasteiger charge is 2.27. The molecule has 6 nitrogen and oxygen atoms in total. The number of imide groups is 2. The third kappa shape index (κ3) is 3.61. The largest absolute Gasteiger partial charge is 0.289 e. The van der Waals surface area contributed by atoms with Crippen molar-refractivity contribution in [2.24, 2.45) is 0 Å². The van der Waals surface area contributed by atoms with Gasteiger partial charge < -0.3 is 0 Å². The first-order chi connectivity index (χ1) is 10.4. The Morgan fingerprint density at radius 2 is 1.05 bits per heavy atom. The van der Waals surface area contributed by atoms with Gasteiger partial charge in [0.25, 0.3) is 23.6 Å². The zero-order valence-corrected chi connectivity index (χ0v) is 13.9. The van der Waals surface area contributed by atoms with Gasteiger partial charge in [-0.3, -0.25) is 29.8 Å². The van der Waals surface area contributed by atoms with E-state index in [1.54, 1.807) is 35.4 Å². The first kappa shape index (κ1) is 16.8. The van der Waals surface area contributed by atoms with Gasteiger partial charge in [0, 0.05) is 33.8 Å². The quantitative estimate of drug-likeness (QED) is 0.409. The smallest absolute Gasteiger partial charge is 0.254 e. The summed E-state index contributed by atoms with van der Waals surface area (Å²) in [5, 5.41) is 4.54. The van der Waals surface area contributed by atoms with Crippen LogP contribution in [0.25, 0.3) is 0 Å². The molecule has 0 aromatic carbocycles. The van der Waals surface area contributed by atoms with Crippen LogP contribution in [-0.2, 0) is 19.2 Å². The molecule has 118 valence electrons. The van der Waals surface area contributed by atoms with Gasteiger partial charge >= 0.3 is 0 Å². The molecule has 0 aromatic rings. The molecule has 22 heavy (non-hydrogen) atoms. The Hall–Kier alpha value is -1.54. The number of hydrogen-bond acceptors (Lipinski definition) is 6. The van der Waals surface area contributed by atoms with Crippen molar-refractivity contribution in [2.75, 3.05) is 11.5 Å². The summed E-state index contributed by atoms with van der Waals surface area (Å²) >= 11 is 0. The molecule has 0 saturated heterocycles. The summed E-state index contributed by atoms with van der Waals surface area (Å²) in [6.07, 6.45) is 1.09. The molecule has 0 atom stereocenters. The highest BCUT2D eigenvalue weighted by Crippen LogP contribution is 2.28. The van der Waals surface area contributed by atoms with Crippen molar-refractivity contribution in [2.45, 2.75) is 26.7 Å². The Balaban J connectivity index is 1.69. The molecule has 2 aliphatic rings. The van der Waals surface area contributed by atoms with Crippen LogP contribution in [0.15, 0.2) is 22.3 Å². The maximum absolute atomic E-state index is 11.5. The van der Waals surface area contributed by atoms with Gasteiger partial charge in [0.05, 0.1) is 0 Å². The number of carbonyl (C=O) groups excluding carboxylic acids is 4. The van der Waals surface area contributed by atoms with Crippen molar-refractivity contribution in [1.29, 1.82) is 0 Å². The highest BCUT2D eigenvalue weighted by molar-refractivity contribution is 8.76. The lowest BCUT2D eigenvalue weighted by molar-refractivity contribution is -0.125. The number of amides is 4. The van der Waals surface area contributed by atoms with Gasteiger partial charge in [-0.25, -0.2) is 0 Å². The molecule has 0 fully saturated rings. The van der Waals surface area contributed by atoms with Crippen LogP contribution in [0.1, 0.15) is 26.7 Å². The first-order valence-electron chi connectivity index (χ1n) is 6.77. The fourth-order valence-corrected chi connectivity index (χ4v) is 4.18. The zero-order valence-electron chi connectivity index (χ0n) is 12.3. The van der Waals surface area contributed by atoms with E-state index in [-0.39, 0.29) is 23.6 Å². The van der Waals surface area contributed by atoms with Crippen LogP contribution in [0.4, 0.5) is 0 Å². The van der Waals surface area contributed by atoms with Gasteiger partial charge in [0.15, 0.2) is 0 Å². The minimum Gasteiger partial charge on any atom is -0.289 e. The molecule has 0 saturated carbocycles. The zero-order chi connectivity index (χ0) is 16.3. The molecular weight excluding hydrogens is 324 g/mol. The molecule has 0 aromatic heterocycles. The van der Waals surface area contributed by atoms with Crippen LogP contribution in [0.3, 0.4) is 0 Å². The minimum atomic E-state index is -0.308. The van der Waals surface area contributed by atoms with Crippen LogP contribution < -0.4 is 10.6 Å². The van der Waals surface area contributed by atoms with E-state index >= 15 is 0 Å². The lowest BCUT2D eigenvalue weighted by Gasteiger charge is -2.03. The van der Waals surface area contributed by atoms with Crippen LogP contribution >= 0.6 is 21.6 Å². The average Bonchev–Trinajstić information content (AvgIpc) is 2.84. The molecule has 0 spiro atoms. The van der Waals surface area contributed by atoms with Crippen LogP contribution in [0.5, 0.6) is 0 Å². The first-order valence-corrected chi connectivity index (χ1v) is 9.26. The van der Waals surface area contributed by atoms with Crippen molar-refractivity contribution in [3.8, 4) is 0 Å². The molecule has 2 heterocycles. The monoisotopic (exact) mass is 340 g/mol. The van der Waals surface area contributed by atoms with E-state index in [0.29, 0.717) is 46.6 Å². The summed E-state index contributed by atoms with van der Waals surface area (Å²) in [5.41, 5.74) is 2.10. The summed E-state index contributed by atoms with van der Waals surface area (Å²) < 4.78 is 0. The van der Waals surface area contributed by atoms with E-state index in [1.807, 2.05) is 0 Å². The van der Waals surface area contributed by atoms with E-state index in [2.05, 4.69) is 10.6 Å². The minimum absolute atomic E-state index is 0.296. The van der Waals surface area contributed by atoms with Gasteiger partial charge in [0.1, 0.15) is 0 Å². The second-order valence-corrected chi connectivity index (χ2v) is 7.62. The van der Waals surface area contributed by atoms with Crippen LogP contribution in [0.2, 0.25) is 0 Å². The molecule has 2 rings (SSSR count). The number of nitrogens with one attached hydrogen (secondary N) is 2. The lowest BCUT2D eigenvalue weighted by Crippen LogP contribution is -2.23. The van der Waals surface area contributed by atoms with E-state index in [9.17, 15) is 19.2 Å². The summed E-state index contributed by atoms with van der Waals surface area (Å²) in [4.78, 5) is 45.6. The van der Waals surface area contributed by atoms with Crippen molar-refractivity contribution in [3.05, 3.63) is 22.3 Å². The van der Waals surface area contributed by atoms with Gasteiger partial charge in [0.2, 0.25) is 0 Å². The Bertz CT molecular complexity index is 568. The second-order valence-electron chi connectivity index (χ2n) is 4.92. The summed E-state index contributed by atoms with van der Waals surface area (Å²) in [6, 6.07) is 0. The molecule has 0 aliphatic carbocycles. The highest BCUT2D eigenvalue weighted by atomic mass is 33.1. The second kappa shape index (κ2) is 7.15. The van der Waals surface area contributed by atoms with Gasteiger partial charge in [-0.05, 0) is 26.7 Å². The SMILES string of the molecule is CC1=C(CCSSCCC2=C(C)C(=O)NC2=O)C(=O)NC1=O. The standard InChI is InChI=1S/C14H16N2O4S2/c1-7-9(13(19)15-11(7)17)3-5-21-22-6-4-10-8(2)12(18)16-14(10)20/h3-6H2,1-2H3,(H,15,17,19)(H,16,18,20). The van der Waals surface area contributed by atoms with E-state index < -0.39 is 0 Å². The molecule has 4 amide bonds. The van der Waals surface area contributed by atoms with Crippen molar-refractivity contribution >= 4 is 45.2 Å².